The molecule has 0 saturated carbocycles. The standard InChI is InChI=1S/C21H26N2O5S2/c1-3-29(25)19-10-6-5-9-17(19)21(24)22-16-11-12-18(28-2)20(15-16)30(26,27)23-13-7-4-8-14-23/h5-6,9-12,15H,3-4,7-8,13-14H2,1-2H3,(H,22,24)/t29-/m1/s1. The van der Waals surface area contributed by atoms with Gasteiger partial charge in [-0.1, -0.05) is 25.5 Å². The summed E-state index contributed by atoms with van der Waals surface area (Å²) in [6, 6.07) is 11.2. The number of nitrogens with zero attached hydrogens (tertiary/aromatic N) is 1. The number of hydrogen-bond donors (Lipinski definition) is 1. The van der Waals surface area contributed by atoms with Crippen LogP contribution in [0, 0.1) is 0 Å². The van der Waals surface area contributed by atoms with E-state index in [0.29, 0.717) is 35.0 Å². The van der Waals surface area contributed by atoms with Gasteiger partial charge in [-0.25, -0.2) is 8.42 Å². The van der Waals surface area contributed by atoms with E-state index in [2.05, 4.69) is 5.32 Å². The molecule has 0 unspecified atom stereocenters. The largest absolute Gasteiger partial charge is 0.495 e. The number of nitrogens with one attached hydrogen (secondary N) is 1. The fraction of sp³-hybridized carbons (Fsp3) is 0.381. The molecule has 7 nitrogen and oxygen atoms in total. The van der Waals surface area contributed by atoms with E-state index in [0.717, 1.165) is 19.3 Å². The smallest absolute Gasteiger partial charge is 0.256 e. The van der Waals surface area contributed by atoms with Crippen LogP contribution < -0.4 is 10.1 Å². The molecule has 2 aromatic carbocycles. The molecule has 30 heavy (non-hydrogen) atoms. The summed E-state index contributed by atoms with van der Waals surface area (Å²) in [4.78, 5) is 13.3. The Kier molecular flexibility index (Phi) is 7.27. The van der Waals surface area contributed by atoms with Gasteiger partial charge < -0.3 is 10.1 Å². The highest BCUT2D eigenvalue weighted by atomic mass is 32.2. The third kappa shape index (κ3) is 4.74. The van der Waals surface area contributed by atoms with Crippen LogP contribution in [0.3, 0.4) is 0 Å². The van der Waals surface area contributed by atoms with Crippen LogP contribution in [-0.4, -0.2) is 48.8 Å². The lowest BCUT2D eigenvalue weighted by molar-refractivity contribution is 0.102. The number of amides is 1. The van der Waals surface area contributed by atoms with Crippen LogP contribution in [0.25, 0.3) is 0 Å². The minimum Gasteiger partial charge on any atom is -0.495 e. The molecule has 1 aliphatic rings. The summed E-state index contributed by atoms with van der Waals surface area (Å²) in [6.45, 7) is 2.72. The second-order valence-electron chi connectivity index (χ2n) is 6.91. The highest BCUT2D eigenvalue weighted by Crippen LogP contribution is 2.31. The van der Waals surface area contributed by atoms with E-state index >= 15 is 0 Å². The molecule has 2 aromatic rings. The van der Waals surface area contributed by atoms with Crippen LogP contribution in [0.5, 0.6) is 5.75 Å². The molecule has 9 heteroatoms. The average molecular weight is 451 g/mol. The molecule has 0 bridgehead atoms. The molecule has 1 saturated heterocycles. The average Bonchev–Trinajstić information content (AvgIpc) is 2.79. The first-order chi connectivity index (χ1) is 14.4. The Balaban J connectivity index is 1.92. The number of rotatable bonds is 7. The first-order valence-electron chi connectivity index (χ1n) is 9.85. The molecule has 1 fully saturated rings. The Bertz CT molecular complexity index is 1050. The van der Waals surface area contributed by atoms with Gasteiger partial charge in [0.2, 0.25) is 10.0 Å². The highest BCUT2D eigenvalue weighted by molar-refractivity contribution is 7.89. The number of anilines is 1. The fourth-order valence-electron chi connectivity index (χ4n) is 3.41. The molecular formula is C21H26N2O5S2. The summed E-state index contributed by atoms with van der Waals surface area (Å²) >= 11 is 0. The van der Waals surface area contributed by atoms with Crippen molar-refractivity contribution in [3.05, 3.63) is 48.0 Å². The maximum absolute atomic E-state index is 13.2. The molecule has 1 heterocycles. The van der Waals surface area contributed by atoms with Gasteiger partial charge in [0.15, 0.2) is 0 Å². The monoisotopic (exact) mass is 450 g/mol. The van der Waals surface area contributed by atoms with E-state index < -0.39 is 26.7 Å². The number of sulfonamides is 1. The molecule has 1 amide bonds. The Labute approximate surface area is 179 Å². The van der Waals surface area contributed by atoms with Gasteiger partial charge in [0.1, 0.15) is 10.6 Å². The Morgan fingerprint density at radius 1 is 1.13 bits per heavy atom. The first kappa shape index (κ1) is 22.5. The fourth-order valence-corrected chi connectivity index (χ4v) is 6.05. The van der Waals surface area contributed by atoms with Crippen LogP contribution in [0.1, 0.15) is 36.5 Å². The topological polar surface area (TPSA) is 92.8 Å². The second-order valence-corrected chi connectivity index (χ2v) is 10.5. The number of benzene rings is 2. The highest BCUT2D eigenvalue weighted by Gasteiger charge is 2.29. The van der Waals surface area contributed by atoms with Gasteiger partial charge in [-0.2, -0.15) is 4.31 Å². The predicted octanol–water partition coefficient (Wildman–Crippen LogP) is 3.25. The van der Waals surface area contributed by atoms with Crippen molar-refractivity contribution in [1.29, 1.82) is 0 Å². The number of piperidine rings is 1. The first-order valence-corrected chi connectivity index (χ1v) is 12.6. The van der Waals surface area contributed by atoms with Crippen molar-refractivity contribution in [1.82, 2.24) is 4.31 Å². The lowest BCUT2D eigenvalue weighted by Gasteiger charge is -2.26. The van der Waals surface area contributed by atoms with Gasteiger partial charge in [-0.15, -0.1) is 0 Å². The van der Waals surface area contributed by atoms with E-state index in [1.54, 1.807) is 37.3 Å². The Morgan fingerprint density at radius 2 is 1.83 bits per heavy atom. The Hall–Kier alpha value is -2.23. The van der Waals surface area contributed by atoms with Crippen LogP contribution in [0.2, 0.25) is 0 Å². The van der Waals surface area contributed by atoms with Crippen LogP contribution in [0.15, 0.2) is 52.3 Å². The second kappa shape index (κ2) is 9.72. The zero-order valence-corrected chi connectivity index (χ0v) is 18.7. The maximum Gasteiger partial charge on any atom is 0.256 e. The van der Waals surface area contributed by atoms with Crippen molar-refractivity contribution < 1.29 is 22.2 Å². The lowest BCUT2D eigenvalue weighted by Crippen LogP contribution is -2.35. The summed E-state index contributed by atoms with van der Waals surface area (Å²) in [7, 11) is -3.62. The van der Waals surface area contributed by atoms with E-state index in [1.807, 2.05) is 0 Å². The van der Waals surface area contributed by atoms with Gasteiger partial charge in [0.25, 0.3) is 5.91 Å². The van der Waals surface area contributed by atoms with E-state index in [9.17, 15) is 17.4 Å². The molecule has 0 aromatic heterocycles. The predicted molar refractivity (Wildman–Crippen MR) is 117 cm³/mol. The van der Waals surface area contributed by atoms with Gasteiger partial charge >= 0.3 is 0 Å². The van der Waals surface area contributed by atoms with Crippen LogP contribution in [-0.2, 0) is 20.8 Å². The van der Waals surface area contributed by atoms with Crippen LogP contribution in [0.4, 0.5) is 5.69 Å². The molecule has 1 aliphatic heterocycles. The zero-order chi connectivity index (χ0) is 21.7. The molecular weight excluding hydrogens is 424 g/mol. The number of carbonyl (C=O) groups excluding carboxylic acids is 1. The van der Waals surface area contributed by atoms with Crippen molar-refractivity contribution in [3.63, 3.8) is 0 Å². The van der Waals surface area contributed by atoms with Crippen molar-refractivity contribution in [2.24, 2.45) is 0 Å². The summed E-state index contributed by atoms with van der Waals surface area (Å²) in [5.74, 6) is 0.176. The van der Waals surface area contributed by atoms with Crippen LogP contribution >= 0.6 is 0 Å². The SMILES string of the molecule is CC[S@@](=O)c1ccccc1C(=O)Nc1ccc(OC)c(S(=O)(=O)N2CCCCC2)c1. The van der Waals surface area contributed by atoms with Gasteiger partial charge in [0, 0.05) is 24.5 Å². The molecule has 1 atom stereocenters. The zero-order valence-electron chi connectivity index (χ0n) is 17.1. The Morgan fingerprint density at radius 3 is 2.50 bits per heavy atom. The van der Waals surface area contributed by atoms with Crippen molar-refractivity contribution in [2.75, 3.05) is 31.3 Å². The third-order valence-corrected chi connectivity index (χ3v) is 8.28. The number of methoxy groups -OCH3 is 1. The maximum atomic E-state index is 13.2. The van der Waals surface area contributed by atoms with Gasteiger partial charge in [-0.05, 0) is 43.2 Å². The molecule has 0 radical (unpaired) electrons. The van der Waals surface area contributed by atoms with E-state index in [1.165, 1.54) is 23.5 Å². The normalized spacial score (nSPS) is 16.1. The number of ether oxygens (including phenoxy) is 1. The van der Waals surface area contributed by atoms with Gasteiger partial charge in [-0.3, -0.25) is 9.00 Å². The summed E-state index contributed by atoms with van der Waals surface area (Å²) in [6.07, 6.45) is 2.66. The molecule has 1 N–H and O–H groups in total. The number of hydrogen-bond acceptors (Lipinski definition) is 5. The van der Waals surface area contributed by atoms with Crippen molar-refractivity contribution >= 4 is 32.4 Å². The van der Waals surface area contributed by atoms with E-state index in [-0.39, 0.29) is 10.6 Å². The lowest BCUT2D eigenvalue weighted by atomic mass is 10.2. The van der Waals surface area contributed by atoms with Gasteiger partial charge in [0.05, 0.1) is 28.4 Å². The quantitative estimate of drug-likeness (QED) is 0.699. The summed E-state index contributed by atoms with van der Waals surface area (Å²) in [5, 5.41) is 2.73. The minimum absolute atomic E-state index is 0.0233. The molecule has 0 spiro atoms. The van der Waals surface area contributed by atoms with Crippen molar-refractivity contribution in [3.8, 4) is 5.75 Å². The molecule has 0 aliphatic carbocycles. The summed E-state index contributed by atoms with van der Waals surface area (Å²) in [5.41, 5.74) is 0.627. The minimum atomic E-state index is -3.74. The summed E-state index contributed by atoms with van der Waals surface area (Å²) < 4.78 is 45.3. The van der Waals surface area contributed by atoms with Crippen molar-refractivity contribution in [2.45, 2.75) is 36.0 Å². The third-order valence-electron chi connectivity index (χ3n) is 4.99. The van der Waals surface area contributed by atoms with E-state index in [4.69, 9.17) is 4.74 Å². The molecule has 162 valence electrons. The number of carbonyl (C=O) groups is 1. The molecule has 3 rings (SSSR count).